The standard InChI is InChI=1S/C25H26N4O2/c1-2-16-28(22-10-14-26-15-11-22)29-18-13-21-19-23(8-9-24(21)29)27(25(30)31)17-12-20-6-4-3-5-7-20/h3-11,13-15,18-19H,2,12,16-17H2,1H3,(H,30,31). The lowest BCUT2D eigenvalue weighted by Gasteiger charge is -2.26. The van der Waals surface area contributed by atoms with Gasteiger partial charge in [0, 0.05) is 42.8 Å². The van der Waals surface area contributed by atoms with E-state index in [4.69, 9.17) is 0 Å². The first-order valence-electron chi connectivity index (χ1n) is 10.5. The van der Waals surface area contributed by atoms with Crippen LogP contribution in [-0.2, 0) is 6.42 Å². The van der Waals surface area contributed by atoms with E-state index in [0.29, 0.717) is 18.7 Å². The summed E-state index contributed by atoms with van der Waals surface area (Å²) in [5.41, 5.74) is 3.89. The molecule has 0 aliphatic rings. The van der Waals surface area contributed by atoms with Crippen LogP contribution in [0.25, 0.3) is 10.9 Å². The van der Waals surface area contributed by atoms with Gasteiger partial charge in [0.2, 0.25) is 0 Å². The normalized spacial score (nSPS) is 10.9. The summed E-state index contributed by atoms with van der Waals surface area (Å²) in [6.07, 6.45) is 6.32. The molecule has 6 heteroatoms. The molecule has 0 fully saturated rings. The van der Waals surface area contributed by atoms with Crippen LogP contribution in [0.5, 0.6) is 0 Å². The number of benzene rings is 2. The largest absolute Gasteiger partial charge is 0.465 e. The van der Waals surface area contributed by atoms with Crippen LogP contribution < -0.4 is 9.91 Å². The van der Waals surface area contributed by atoms with Crippen LogP contribution in [-0.4, -0.2) is 33.9 Å². The number of hydrogen-bond acceptors (Lipinski definition) is 3. The van der Waals surface area contributed by atoms with Gasteiger partial charge in [0.1, 0.15) is 0 Å². The molecular weight excluding hydrogens is 388 g/mol. The first-order valence-corrected chi connectivity index (χ1v) is 10.5. The summed E-state index contributed by atoms with van der Waals surface area (Å²) in [6.45, 7) is 3.41. The van der Waals surface area contributed by atoms with Gasteiger partial charge in [0.25, 0.3) is 0 Å². The molecule has 4 rings (SSSR count). The fraction of sp³-hybridized carbons (Fsp3) is 0.200. The zero-order chi connectivity index (χ0) is 21.6. The Hall–Kier alpha value is -3.80. The second-order valence-electron chi connectivity index (χ2n) is 7.40. The van der Waals surface area contributed by atoms with E-state index in [1.165, 1.54) is 4.90 Å². The van der Waals surface area contributed by atoms with E-state index in [1.54, 1.807) is 12.4 Å². The summed E-state index contributed by atoms with van der Waals surface area (Å²) < 4.78 is 2.12. The highest BCUT2D eigenvalue weighted by Crippen LogP contribution is 2.26. The van der Waals surface area contributed by atoms with E-state index in [9.17, 15) is 9.90 Å². The van der Waals surface area contributed by atoms with Crippen molar-refractivity contribution in [1.29, 1.82) is 0 Å². The quantitative estimate of drug-likeness (QED) is 0.417. The number of aromatic nitrogens is 2. The average Bonchev–Trinajstić information content (AvgIpc) is 3.22. The third-order valence-corrected chi connectivity index (χ3v) is 5.32. The van der Waals surface area contributed by atoms with Crippen LogP contribution in [0.1, 0.15) is 18.9 Å². The lowest BCUT2D eigenvalue weighted by Crippen LogP contribution is -2.31. The second kappa shape index (κ2) is 9.34. The lowest BCUT2D eigenvalue weighted by atomic mass is 10.1. The van der Waals surface area contributed by atoms with E-state index >= 15 is 0 Å². The zero-order valence-electron chi connectivity index (χ0n) is 17.6. The van der Waals surface area contributed by atoms with Crippen molar-refractivity contribution < 1.29 is 9.90 Å². The second-order valence-corrected chi connectivity index (χ2v) is 7.40. The summed E-state index contributed by atoms with van der Waals surface area (Å²) in [5, 5.41) is 13.0. The van der Waals surface area contributed by atoms with Crippen molar-refractivity contribution in [3.63, 3.8) is 0 Å². The van der Waals surface area contributed by atoms with E-state index in [2.05, 4.69) is 21.6 Å². The minimum Gasteiger partial charge on any atom is -0.465 e. The van der Waals surface area contributed by atoms with Crippen molar-refractivity contribution in [2.24, 2.45) is 0 Å². The van der Waals surface area contributed by atoms with Gasteiger partial charge in [0.15, 0.2) is 0 Å². The molecule has 0 atom stereocenters. The maximum absolute atomic E-state index is 11.9. The van der Waals surface area contributed by atoms with Gasteiger partial charge in [-0.3, -0.25) is 19.6 Å². The number of carbonyl (C=O) groups is 1. The fourth-order valence-corrected chi connectivity index (χ4v) is 3.80. The molecule has 0 saturated carbocycles. The molecule has 0 unspecified atom stereocenters. The van der Waals surface area contributed by atoms with Gasteiger partial charge in [-0.2, -0.15) is 0 Å². The van der Waals surface area contributed by atoms with Crippen LogP contribution in [0.15, 0.2) is 85.3 Å². The Bertz CT molecular complexity index is 1140. The van der Waals surface area contributed by atoms with Crippen LogP contribution in [0.3, 0.4) is 0 Å². The van der Waals surface area contributed by atoms with Crippen LogP contribution >= 0.6 is 0 Å². The molecule has 2 heterocycles. The Labute approximate surface area is 182 Å². The molecule has 0 saturated heterocycles. The Balaban J connectivity index is 1.63. The van der Waals surface area contributed by atoms with Crippen molar-refractivity contribution in [3.8, 4) is 0 Å². The first-order chi connectivity index (χ1) is 15.2. The molecule has 0 radical (unpaired) electrons. The third kappa shape index (κ3) is 4.53. The molecule has 1 amide bonds. The van der Waals surface area contributed by atoms with Crippen molar-refractivity contribution in [2.45, 2.75) is 19.8 Å². The number of anilines is 2. The van der Waals surface area contributed by atoms with E-state index in [1.807, 2.05) is 72.9 Å². The number of pyridine rings is 1. The molecule has 158 valence electrons. The van der Waals surface area contributed by atoms with Crippen molar-refractivity contribution in [1.82, 2.24) is 9.66 Å². The maximum atomic E-state index is 11.9. The molecular formula is C25H26N4O2. The molecule has 0 bridgehead atoms. The van der Waals surface area contributed by atoms with Gasteiger partial charge in [-0.25, -0.2) is 4.79 Å². The maximum Gasteiger partial charge on any atom is 0.411 e. The lowest BCUT2D eigenvalue weighted by molar-refractivity contribution is 0.202. The molecule has 0 aliphatic heterocycles. The smallest absolute Gasteiger partial charge is 0.411 e. The Kier molecular flexibility index (Phi) is 6.17. The number of rotatable bonds is 8. The van der Waals surface area contributed by atoms with E-state index in [-0.39, 0.29) is 0 Å². The van der Waals surface area contributed by atoms with Gasteiger partial charge in [-0.15, -0.1) is 0 Å². The topological polar surface area (TPSA) is 61.6 Å². The molecule has 0 spiro atoms. The summed E-state index contributed by atoms with van der Waals surface area (Å²) in [7, 11) is 0. The minimum absolute atomic E-state index is 0.407. The van der Waals surface area contributed by atoms with Crippen LogP contribution in [0.2, 0.25) is 0 Å². The molecule has 2 aromatic heterocycles. The monoisotopic (exact) mass is 414 g/mol. The predicted molar refractivity (Wildman–Crippen MR) is 125 cm³/mol. The van der Waals surface area contributed by atoms with Gasteiger partial charge in [0.05, 0.1) is 11.2 Å². The van der Waals surface area contributed by atoms with Gasteiger partial charge in [-0.1, -0.05) is 37.3 Å². The van der Waals surface area contributed by atoms with Crippen molar-refractivity contribution in [2.75, 3.05) is 23.0 Å². The minimum atomic E-state index is -0.945. The highest BCUT2D eigenvalue weighted by atomic mass is 16.4. The molecule has 0 aliphatic carbocycles. The summed E-state index contributed by atoms with van der Waals surface area (Å²) >= 11 is 0. The molecule has 1 N–H and O–H groups in total. The third-order valence-electron chi connectivity index (χ3n) is 5.32. The van der Waals surface area contributed by atoms with Gasteiger partial charge >= 0.3 is 6.09 Å². The summed E-state index contributed by atoms with van der Waals surface area (Å²) in [5.74, 6) is 0. The number of carboxylic acid groups (broad SMARTS) is 1. The molecule has 6 nitrogen and oxygen atoms in total. The Morgan fingerprint density at radius 1 is 0.968 bits per heavy atom. The average molecular weight is 415 g/mol. The van der Waals surface area contributed by atoms with Crippen LogP contribution in [0.4, 0.5) is 16.2 Å². The SMILES string of the molecule is CCCN(c1ccncc1)n1ccc2cc(N(CCc3ccccc3)C(=O)O)ccc21. The highest BCUT2D eigenvalue weighted by Gasteiger charge is 2.17. The van der Waals surface area contributed by atoms with Gasteiger partial charge in [-0.05, 0) is 54.8 Å². The fourth-order valence-electron chi connectivity index (χ4n) is 3.80. The highest BCUT2D eigenvalue weighted by molar-refractivity contribution is 5.91. The van der Waals surface area contributed by atoms with Crippen molar-refractivity contribution in [3.05, 3.63) is 90.9 Å². The Morgan fingerprint density at radius 2 is 1.74 bits per heavy atom. The van der Waals surface area contributed by atoms with E-state index < -0.39 is 6.09 Å². The first kappa shape index (κ1) is 20.5. The van der Waals surface area contributed by atoms with Gasteiger partial charge < -0.3 is 5.11 Å². The van der Waals surface area contributed by atoms with E-state index in [0.717, 1.165) is 35.1 Å². The summed E-state index contributed by atoms with van der Waals surface area (Å²) in [6, 6.07) is 21.8. The summed E-state index contributed by atoms with van der Waals surface area (Å²) in [4.78, 5) is 17.5. The Morgan fingerprint density at radius 3 is 2.45 bits per heavy atom. The number of nitrogens with zero attached hydrogens (tertiary/aromatic N) is 4. The zero-order valence-corrected chi connectivity index (χ0v) is 17.6. The predicted octanol–water partition coefficient (Wildman–Crippen LogP) is 5.44. The molecule has 31 heavy (non-hydrogen) atoms. The number of fused-ring (bicyclic) bond motifs is 1. The molecule has 4 aromatic rings. The number of hydrogen-bond donors (Lipinski definition) is 1. The van der Waals surface area contributed by atoms with Crippen molar-refractivity contribution >= 4 is 28.4 Å². The van der Waals surface area contributed by atoms with Crippen LogP contribution in [0, 0.1) is 0 Å². The number of amides is 1. The molecule has 2 aromatic carbocycles.